The summed E-state index contributed by atoms with van der Waals surface area (Å²) in [6.45, 7) is 1.76. The van der Waals surface area contributed by atoms with E-state index in [-0.39, 0.29) is 17.5 Å². The molecule has 0 spiro atoms. The van der Waals surface area contributed by atoms with Crippen LogP contribution >= 0.6 is 22.7 Å². The number of carbonyl (C=O) groups is 2. The molecule has 4 rings (SSSR count). The van der Waals surface area contributed by atoms with Crippen molar-refractivity contribution in [3.05, 3.63) is 55.9 Å². The molecule has 3 aromatic rings. The van der Waals surface area contributed by atoms with Crippen LogP contribution in [0, 0.1) is 6.92 Å². The number of aromatic nitrogens is 1. The highest BCUT2D eigenvalue weighted by molar-refractivity contribution is 7.17. The fraction of sp³-hybridized carbons (Fsp3) is 0.278. The van der Waals surface area contributed by atoms with Gasteiger partial charge in [0.15, 0.2) is 0 Å². The minimum Gasteiger partial charge on any atom is -0.351 e. The maximum Gasteiger partial charge on any atom is 0.294 e. The summed E-state index contributed by atoms with van der Waals surface area (Å²) in [5, 5.41) is 9.12. The topological polar surface area (TPSA) is 72.2 Å². The lowest BCUT2D eigenvalue weighted by molar-refractivity contribution is 0.0988. The Morgan fingerprint density at radius 1 is 1.28 bits per heavy atom. The molecule has 0 aliphatic heterocycles. The van der Waals surface area contributed by atoms with E-state index in [0.717, 1.165) is 31.2 Å². The summed E-state index contributed by atoms with van der Waals surface area (Å²) in [4.78, 5) is 27.4. The van der Waals surface area contributed by atoms with Crippen LogP contribution < -0.4 is 5.32 Å². The molecular formula is C18H16N2O3S2. The molecular weight excluding hydrogens is 356 g/mol. The summed E-state index contributed by atoms with van der Waals surface area (Å²) in [5.74, 6) is -0.240. The Balaban J connectivity index is 1.73. The van der Waals surface area contributed by atoms with Gasteiger partial charge in [0.2, 0.25) is 11.5 Å². The van der Waals surface area contributed by atoms with Crippen molar-refractivity contribution >= 4 is 39.4 Å². The van der Waals surface area contributed by atoms with Crippen molar-refractivity contribution in [2.45, 2.75) is 32.6 Å². The van der Waals surface area contributed by atoms with E-state index in [2.05, 4.69) is 10.5 Å². The molecule has 1 amide bonds. The standard InChI is InChI=1S/C18H16N2O3S2/c1-10-9-12(23-20-10)17(22)19-18-15(16(21)14-7-4-8-24-14)11-5-2-3-6-13(11)25-18/h4,7-9H,2-3,5-6H2,1H3,(H,19,22). The number of aryl methyl sites for hydroxylation is 2. The second-order valence-electron chi connectivity index (χ2n) is 6.01. The molecule has 7 heteroatoms. The first-order valence-electron chi connectivity index (χ1n) is 8.11. The van der Waals surface area contributed by atoms with Crippen molar-refractivity contribution in [2.24, 2.45) is 0 Å². The lowest BCUT2D eigenvalue weighted by atomic mass is 9.93. The van der Waals surface area contributed by atoms with Gasteiger partial charge in [-0.2, -0.15) is 0 Å². The van der Waals surface area contributed by atoms with Crippen molar-refractivity contribution in [1.29, 1.82) is 0 Å². The van der Waals surface area contributed by atoms with Crippen LogP contribution in [-0.2, 0) is 12.8 Å². The van der Waals surface area contributed by atoms with Crippen LogP contribution in [0.4, 0.5) is 5.00 Å². The van der Waals surface area contributed by atoms with Gasteiger partial charge < -0.3 is 9.84 Å². The van der Waals surface area contributed by atoms with Crippen molar-refractivity contribution in [2.75, 3.05) is 5.32 Å². The van der Waals surface area contributed by atoms with E-state index in [1.54, 1.807) is 13.0 Å². The number of amides is 1. The summed E-state index contributed by atoms with van der Waals surface area (Å²) in [5.41, 5.74) is 2.39. The van der Waals surface area contributed by atoms with Gasteiger partial charge in [0, 0.05) is 10.9 Å². The van der Waals surface area contributed by atoms with Crippen LogP contribution in [0.2, 0.25) is 0 Å². The lowest BCUT2D eigenvalue weighted by Gasteiger charge is -2.12. The molecule has 0 atom stereocenters. The number of nitrogens with zero attached hydrogens (tertiary/aromatic N) is 1. The molecule has 0 fully saturated rings. The van der Waals surface area contributed by atoms with E-state index in [4.69, 9.17) is 4.52 Å². The number of nitrogens with one attached hydrogen (secondary N) is 1. The second-order valence-corrected chi connectivity index (χ2v) is 8.06. The van der Waals surface area contributed by atoms with Gasteiger partial charge in [0.1, 0.15) is 5.00 Å². The van der Waals surface area contributed by atoms with Gasteiger partial charge in [0.25, 0.3) is 5.91 Å². The van der Waals surface area contributed by atoms with Crippen LogP contribution in [0.1, 0.15) is 54.8 Å². The third kappa shape index (κ3) is 3.05. The summed E-state index contributed by atoms with van der Waals surface area (Å²) in [6.07, 6.45) is 4.04. The van der Waals surface area contributed by atoms with Crippen molar-refractivity contribution < 1.29 is 14.1 Å². The number of carbonyl (C=O) groups excluding carboxylic acids is 2. The Morgan fingerprint density at radius 2 is 2.12 bits per heavy atom. The van der Waals surface area contributed by atoms with Gasteiger partial charge in [-0.15, -0.1) is 22.7 Å². The van der Waals surface area contributed by atoms with Crippen LogP contribution in [-0.4, -0.2) is 16.8 Å². The third-order valence-electron chi connectivity index (χ3n) is 4.22. The highest BCUT2D eigenvalue weighted by Gasteiger charge is 2.28. The second kappa shape index (κ2) is 6.57. The Morgan fingerprint density at radius 3 is 2.84 bits per heavy atom. The molecule has 0 aromatic carbocycles. The monoisotopic (exact) mass is 372 g/mol. The van der Waals surface area contributed by atoms with Gasteiger partial charge >= 0.3 is 0 Å². The average Bonchev–Trinajstić information content (AvgIpc) is 3.33. The molecule has 3 aromatic heterocycles. The lowest BCUT2D eigenvalue weighted by Crippen LogP contribution is -2.14. The first-order valence-corrected chi connectivity index (χ1v) is 9.80. The first-order chi connectivity index (χ1) is 12.1. The van der Waals surface area contributed by atoms with E-state index in [1.165, 1.54) is 27.6 Å². The molecule has 0 bridgehead atoms. The summed E-state index contributed by atoms with van der Waals surface area (Å²) < 4.78 is 5.03. The van der Waals surface area contributed by atoms with Crippen LogP contribution in [0.5, 0.6) is 0 Å². The summed E-state index contributed by atoms with van der Waals surface area (Å²) in [7, 11) is 0. The van der Waals surface area contributed by atoms with Gasteiger partial charge in [0.05, 0.1) is 16.1 Å². The number of hydrogen-bond donors (Lipinski definition) is 1. The number of thiophene rings is 2. The Labute approximate surface area is 152 Å². The molecule has 3 heterocycles. The van der Waals surface area contributed by atoms with Crippen LogP contribution in [0.25, 0.3) is 0 Å². The fourth-order valence-electron chi connectivity index (χ4n) is 3.06. The highest BCUT2D eigenvalue weighted by atomic mass is 32.1. The molecule has 0 saturated heterocycles. The van der Waals surface area contributed by atoms with E-state index >= 15 is 0 Å². The van der Waals surface area contributed by atoms with E-state index in [9.17, 15) is 9.59 Å². The van der Waals surface area contributed by atoms with Gasteiger partial charge in [-0.1, -0.05) is 11.2 Å². The van der Waals surface area contributed by atoms with Crippen LogP contribution in [0.3, 0.4) is 0 Å². The first kappa shape index (κ1) is 16.2. The molecule has 0 saturated carbocycles. The molecule has 1 aliphatic rings. The predicted octanol–water partition coefficient (Wildman–Crippen LogP) is 4.47. The summed E-state index contributed by atoms with van der Waals surface area (Å²) in [6, 6.07) is 5.28. The maximum atomic E-state index is 13.0. The Kier molecular flexibility index (Phi) is 4.27. The molecule has 1 aliphatic carbocycles. The Bertz CT molecular complexity index is 938. The maximum absolute atomic E-state index is 13.0. The van der Waals surface area contributed by atoms with Crippen molar-refractivity contribution in [1.82, 2.24) is 5.16 Å². The van der Waals surface area contributed by atoms with Gasteiger partial charge in [-0.25, -0.2) is 0 Å². The molecule has 1 N–H and O–H groups in total. The zero-order valence-corrected chi connectivity index (χ0v) is 15.3. The number of rotatable bonds is 4. The number of fused-ring (bicyclic) bond motifs is 1. The smallest absolute Gasteiger partial charge is 0.294 e. The zero-order valence-electron chi connectivity index (χ0n) is 13.6. The SMILES string of the molecule is Cc1cc(C(=O)Nc2sc3c(c2C(=O)c2cccs2)CCCC3)on1. The van der Waals surface area contributed by atoms with Gasteiger partial charge in [-0.05, 0) is 49.6 Å². The minimum absolute atomic E-state index is 0.0153. The quantitative estimate of drug-likeness (QED) is 0.686. The number of hydrogen-bond acceptors (Lipinski definition) is 6. The average molecular weight is 372 g/mol. The number of anilines is 1. The molecule has 128 valence electrons. The predicted molar refractivity (Wildman–Crippen MR) is 97.9 cm³/mol. The molecule has 0 radical (unpaired) electrons. The number of ketones is 1. The zero-order chi connectivity index (χ0) is 17.4. The Hall–Kier alpha value is -2.25. The van der Waals surface area contributed by atoms with E-state index in [0.29, 0.717) is 21.1 Å². The van der Waals surface area contributed by atoms with Crippen molar-refractivity contribution in [3.8, 4) is 0 Å². The highest BCUT2D eigenvalue weighted by Crippen LogP contribution is 2.40. The third-order valence-corrected chi connectivity index (χ3v) is 6.30. The minimum atomic E-state index is -0.376. The van der Waals surface area contributed by atoms with Crippen molar-refractivity contribution in [3.63, 3.8) is 0 Å². The molecule has 0 unspecified atom stereocenters. The van der Waals surface area contributed by atoms with E-state index < -0.39 is 0 Å². The molecule has 25 heavy (non-hydrogen) atoms. The van der Waals surface area contributed by atoms with Crippen LogP contribution in [0.15, 0.2) is 28.1 Å². The van der Waals surface area contributed by atoms with Gasteiger partial charge in [-0.3, -0.25) is 9.59 Å². The normalized spacial score (nSPS) is 13.5. The van der Waals surface area contributed by atoms with E-state index in [1.807, 2.05) is 17.5 Å². The largest absolute Gasteiger partial charge is 0.351 e. The summed E-state index contributed by atoms with van der Waals surface area (Å²) >= 11 is 2.93. The fourth-order valence-corrected chi connectivity index (χ4v) is 5.01. The molecule has 5 nitrogen and oxygen atoms in total.